The van der Waals surface area contributed by atoms with Crippen LogP contribution in [0.4, 0.5) is 0 Å². The molecule has 126 heavy (non-hydrogen) atoms. The van der Waals surface area contributed by atoms with E-state index in [0.717, 1.165) is 221 Å². The number of fused-ring (bicyclic) bond motifs is 18. The van der Waals surface area contributed by atoms with E-state index in [-0.39, 0.29) is 0 Å². The van der Waals surface area contributed by atoms with Gasteiger partial charge in [-0.2, -0.15) is 0 Å². The van der Waals surface area contributed by atoms with Crippen molar-refractivity contribution in [2.75, 3.05) is 0 Å². The SMILES string of the molecule is Cc1ccc2c(c1)c1cc(C)ccc1n2-c1c(-c2ccccn2)cc(-c2ncncn2)c(-n2c3ccc(C)cc3c3cc(Cc4ccc5c(c4)c4ccccc4n5-c4c(-c5ccccn5)c(-c5ccccn5)c(-c5ccccn5)c(-n5c6ccccc6c6ccccc65)c4-n4c5ccccc5c5ccccc54)ccc32)c1-n1c2ccc(C)cc2c2cc(C)ccc21. The van der Waals surface area contributed by atoms with Gasteiger partial charge in [0.15, 0.2) is 5.82 Å². The van der Waals surface area contributed by atoms with Crippen molar-refractivity contribution < 1.29 is 0 Å². The molecule has 0 atom stereocenters. The molecule has 13 nitrogen and oxygen atoms in total. The fraction of sp³-hybridized carbons (Fsp3) is 0.0531. The first kappa shape index (κ1) is 72.3. The molecule has 13 heteroatoms. The van der Waals surface area contributed by atoms with Crippen molar-refractivity contribution in [1.29, 1.82) is 0 Å². The van der Waals surface area contributed by atoms with E-state index in [1.807, 2.05) is 49.1 Å². The van der Waals surface area contributed by atoms with Crippen LogP contribution < -0.4 is 0 Å². The average Bonchev–Trinajstić information content (AvgIpc) is 1.49. The summed E-state index contributed by atoms with van der Waals surface area (Å²) in [6.07, 6.45) is 11.5. The van der Waals surface area contributed by atoms with Crippen molar-refractivity contribution in [3.8, 4) is 90.5 Å². The van der Waals surface area contributed by atoms with Crippen molar-refractivity contribution >= 4 is 131 Å². The Balaban J connectivity index is 0.772. The number of para-hydroxylation sites is 5. The highest BCUT2D eigenvalue weighted by molar-refractivity contribution is 6.20. The zero-order chi connectivity index (χ0) is 83.7. The van der Waals surface area contributed by atoms with Gasteiger partial charge in [0.1, 0.15) is 12.7 Å². The molecule has 0 aliphatic heterocycles. The summed E-state index contributed by atoms with van der Waals surface area (Å²) in [5, 5.41) is 13.6. The van der Waals surface area contributed by atoms with Gasteiger partial charge in [-0.1, -0.05) is 186 Å². The summed E-state index contributed by atoms with van der Waals surface area (Å²) in [4.78, 5) is 36.5. The number of hydrogen-bond donors (Lipinski definition) is 0. The summed E-state index contributed by atoms with van der Waals surface area (Å²) in [5.41, 5.74) is 33.9. The van der Waals surface area contributed by atoms with E-state index < -0.39 is 0 Å². The Bertz CT molecular complexity index is 8630. The second-order valence-corrected chi connectivity index (χ2v) is 33.6. The summed E-state index contributed by atoms with van der Waals surface area (Å²) in [7, 11) is 0. The summed E-state index contributed by atoms with van der Waals surface area (Å²) >= 11 is 0. The van der Waals surface area contributed by atoms with Crippen molar-refractivity contribution in [1.82, 2.24) is 62.3 Å². The van der Waals surface area contributed by atoms with Crippen LogP contribution in [0.2, 0.25) is 0 Å². The Kier molecular flexibility index (Phi) is 16.2. The number of aryl methyl sites for hydroxylation is 5. The molecular formula is C113H77N13. The van der Waals surface area contributed by atoms with Crippen LogP contribution in [-0.2, 0) is 6.42 Å². The first-order chi connectivity index (χ1) is 62.1. The van der Waals surface area contributed by atoms with Crippen LogP contribution in [0.3, 0.4) is 0 Å². The lowest BCUT2D eigenvalue weighted by molar-refractivity contribution is 1.02. The highest BCUT2D eigenvalue weighted by Crippen LogP contribution is 2.56. The van der Waals surface area contributed by atoms with Crippen LogP contribution in [0, 0.1) is 34.6 Å². The largest absolute Gasteiger partial charge is 0.306 e. The molecule has 11 heterocycles. The molecule has 0 saturated carbocycles. The fourth-order valence-electron chi connectivity index (χ4n) is 20.7. The van der Waals surface area contributed by atoms with Crippen molar-refractivity contribution in [2.24, 2.45) is 0 Å². The first-order valence-corrected chi connectivity index (χ1v) is 42.9. The quantitative estimate of drug-likeness (QED) is 0.113. The van der Waals surface area contributed by atoms with E-state index in [4.69, 9.17) is 29.9 Å². The molecule has 594 valence electrons. The highest BCUT2D eigenvalue weighted by Gasteiger charge is 2.37. The maximum Gasteiger partial charge on any atom is 0.164 e. The maximum absolute atomic E-state index is 5.49. The topological polar surface area (TPSA) is 120 Å². The number of hydrogen-bond acceptors (Lipinski definition) is 7. The van der Waals surface area contributed by atoms with Gasteiger partial charge in [-0.3, -0.25) is 19.9 Å². The summed E-state index contributed by atoms with van der Waals surface area (Å²) in [6, 6.07) is 121. The van der Waals surface area contributed by atoms with Crippen LogP contribution in [0.1, 0.15) is 38.9 Å². The third-order valence-corrected chi connectivity index (χ3v) is 25.9. The highest BCUT2D eigenvalue weighted by atomic mass is 15.1. The first-order valence-electron chi connectivity index (χ1n) is 42.9. The normalized spacial score (nSPS) is 12.0. The Labute approximate surface area is 724 Å². The lowest BCUT2D eigenvalue weighted by Gasteiger charge is -2.30. The molecule has 0 aliphatic rings. The zero-order valence-corrected chi connectivity index (χ0v) is 69.7. The number of pyridine rings is 4. The molecule has 0 radical (unpaired) electrons. The van der Waals surface area contributed by atoms with Gasteiger partial charge < -0.3 is 27.4 Å². The molecule has 0 saturated heterocycles. The molecular weight excluding hydrogens is 1540 g/mol. The second kappa shape index (κ2) is 28.3. The van der Waals surface area contributed by atoms with Gasteiger partial charge in [-0.25, -0.2) is 15.0 Å². The Morgan fingerprint density at radius 3 is 0.810 bits per heavy atom. The minimum absolute atomic E-state index is 0.524. The predicted octanol–water partition coefficient (Wildman–Crippen LogP) is 27.5. The fourth-order valence-corrected chi connectivity index (χ4v) is 20.7. The van der Waals surface area contributed by atoms with Crippen molar-refractivity contribution in [3.63, 3.8) is 0 Å². The molecule has 0 N–H and O–H groups in total. The van der Waals surface area contributed by atoms with Crippen LogP contribution in [0.5, 0.6) is 0 Å². The predicted molar refractivity (Wildman–Crippen MR) is 517 cm³/mol. The van der Waals surface area contributed by atoms with Gasteiger partial charge in [0.2, 0.25) is 0 Å². The van der Waals surface area contributed by atoms with Crippen LogP contribution >= 0.6 is 0 Å². The number of benzene rings is 14. The second-order valence-electron chi connectivity index (χ2n) is 33.6. The lowest BCUT2D eigenvalue weighted by Crippen LogP contribution is -2.15. The third kappa shape index (κ3) is 11.0. The molecule has 14 aromatic carbocycles. The zero-order valence-electron chi connectivity index (χ0n) is 69.7. The number of aromatic nitrogens is 13. The minimum atomic E-state index is 0.524. The molecule has 0 amide bonds. The van der Waals surface area contributed by atoms with E-state index in [1.54, 1.807) is 12.7 Å². The van der Waals surface area contributed by atoms with Gasteiger partial charge in [0, 0.05) is 117 Å². The van der Waals surface area contributed by atoms with E-state index in [1.165, 1.54) is 33.0 Å². The van der Waals surface area contributed by atoms with E-state index in [9.17, 15) is 0 Å². The molecule has 0 fully saturated rings. The number of rotatable bonds is 13. The smallest absolute Gasteiger partial charge is 0.164 e. The summed E-state index contributed by atoms with van der Waals surface area (Å²) in [5.74, 6) is 0.524. The molecule has 0 aliphatic carbocycles. The van der Waals surface area contributed by atoms with Gasteiger partial charge in [-0.15, -0.1) is 0 Å². The van der Waals surface area contributed by atoms with Crippen LogP contribution in [0.15, 0.2) is 365 Å². The Morgan fingerprint density at radius 1 is 0.198 bits per heavy atom. The van der Waals surface area contributed by atoms with Gasteiger partial charge in [0.05, 0.1) is 123 Å². The summed E-state index contributed by atoms with van der Waals surface area (Å²) < 4.78 is 15.2. The van der Waals surface area contributed by atoms with Gasteiger partial charge >= 0.3 is 0 Å². The van der Waals surface area contributed by atoms with E-state index in [2.05, 4.69) is 370 Å². The molecule has 11 aromatic heterocycles. The number of nitrogens with zero attached hydrogens (tertiary/aromatic N) is 13. The molecule has 0 unspecified atom stereocenters. The van der Waals surface area contributed by atoms with Crippen molar-refractivity contribution in [3.05, 3.63) is 404 Å². The Hall–Kier alpha value is -16.5. The van der Waals surface area contributed by atoms with Gasteiger partial charge in [0.25, 0.3) is 0 Å². The third-order valence-electron chi connectivity index (χ3n) is 25.9. The van der Waals surface area contributed by atoms with Crippen molar-refractivity contribution in [2.45, 2.75) is 41.0 Å². The lowest BCUT2D eigenvalue weighted by atomic mass is 9.88. The molecule has 0 spiro atoms. The van der Waals surface area contributed by atoms with E-state index in [0.29, 0.717) is 12.2 Å². The maximum atomic E-state index is 5.49. The molecule has 25 rings (SSSR count). The average molecular weight is 1620 g/mol. The van der Waals surface area contributed by atoms with E-state index >= 15 is 0 Å². The van der Waals surface area contributed by atoms with Gasteiger partial charge in [-0.05, 0) is 222 Å². The molecule has 25 aromatic rings. The Morgan fingerprint density at radius 2 is 0.460 bits per heavy atom. The summed E-state index contributed by atoms with van der Waals surface area (Å²) in [6.45, 7) is 11.0. The monoisotopic (exact) mass is 1620 g/mol. The van der Waals surface area contributed by atoms with Crippen LogP contribution in [-0.4, -0.2) is 62.3 Å². The minimum Gasteiger partial charge on any atom is -0.306 e. The molecule has 0 bridgehead atoms. The standard InChI is InChI=1S/C113H77N13/c1-67-38-45-97-79(56-67)80-57-68(2)39-46-98(80)121(97)107-86(88-29-16-20-52-115-88)64-87(113-119-65-114-66-120-113)108(111(107)126-100-48-41-69(3)58-81(100)82-59-70(4)42-49-101(82)126)122-99-47-40-71(5)60-83(99)85-63-73(44-51-103(85)122)61-72-43-50-102-84(62-72)78-28-10-15-37-96(78)124(102)110-106(91-32-19-23-55-118-91)104(89-30-17-21-53-116-89)105(90-31-18-22-54-117-90)109(123-92-33-11-6-24-74(92)75-25-7-12-34-93(75)123)112(110)125-94-35-13-8-26-76(94)77-27-9-14-36-95(77)125/h6-60,62-66H,61H2,1-5H3. The van der Waals surface area contributed by atoms with Crippen LogP contribution in [0.25, 0.3) is 221 Å².